The van der Waals surface area contributed by atoms with Crippen LogP contribution in [0, 0.1) is 5.92 Å². The van der Waals surface area contributed by atoms with Gasteiger partial charge in [0, 0.05) is 11.7 Å². The Hall–Kier alpha value is 0.600. The van der Waals surface area contributed by atoms with Gasteiger partial charge in [-0.25, -0.2) is 4.40 Å². The Labute approximate surface area is 64.4 Å². The molecule has 8 heavy (non-hydrogen) atoms. The van der Waals surface area contributed by atoms with Crippen molar-refractivity contribution in [3.8, 4) is 0 Å². The van der Waals surface area contributed by atoms with Crippen LogP contribution in [0.4, 0.5) is 0 Å². The first kappa shape index (κ1) is 8.60. The topological polar surface area (TPSA) is 12.4 Å². The summed E-state index contributed by atoms with van der Waals surface area (Å²) in [7, 11) is 0. The molecule has 4 heteroatoms. The summed E-state index contributed by atoms with van der Waals surface area (Å²) in [5, 5.41) is 0.769. The fourth-order valence-electron chi connectivity index (χ4n) is 0.369. The van der Waals surface area contributed by atoms with E-state index in [1.165, 1.54) is 0 Å². The molecular formula is C4H7Cl2NS. The Morgan fingerprint density at radius 3 is 2.62 bits per heavy atom. The lowest BCUT2D eigenvalue weighted by Gasteiger charge is -1.91. The van der Waals surface area contributed by atoms with Crippen molar-refractivity contribution >= 4 is 41.1 Å². The highest BCUT2D eigenvalue weighted by Crippen LogP contribution is 2.22. The molecule has 0 aromatic heterocycles. The number of rotatable bonds is 0. The smallest absolute Gasteiger partial charge is 0.118 e. The lowest BCUT2D eigenvalue weighted by Crippen LogP contribution is -1.98. The lowest BCUT2D eigenvalue weighted by atomic mass is 10.2. The van der Waals surface area contributed by atoms with Gasteiger partial charge in [0.1, 0.15) is 5.17 Å². The molecule has 0 spiro atoms. The summed E-state index contributed by atoms with van der Waals surface area (Å²) in [5.41, 5.74) is 0. The molecule has 0 amide bonds. The zero-order chi connectivity index (χ0) is 5.28. The third-order valence-corrected chi connectivity index (χ3v) is 2.42. The number of hydrogen-bond acceptors (Lipinski definition) is 2. The molecule has 0 radical (unpaired) electrons. The number of halogens is 2. The van der Waals surface area contributed by atoms with Gasteiger partial charge >= 0.3 is 0 Å². The van der Waals surface area contributed by atoms with Gasteiger partial charge in [0.2, 0.25) is 0 Å². The van der Waals surface area contributed by atoms with Crippen molar-refractivity contribution < 1.29 is 0 Å². The van der Waals surface area contributed by atoms with Gasteiger partial charge in [-0.3, -0.25) is 0 Å². The van der Waals surface area contributed by atoms with E-state index < -0.39 is 0 Å². The van der Waals surface area contributed by atoms with Crippen LogP contribution >= 0.6 is 36.0 Å². The van der Waals surface area contributed by atoms with E-state index in [2.05, 4.69) is 11.3 Å². The number of nitrogens with zero attached hydrogens (tertiary/aromatic N) is 1. The molecule has 0 N–H and O–H groups in total. The summed E-state index contributed by atoms with van der Waals surface area (Å²) in [6.07, 6.45) is 0. The molecule has 1 unspecified atom stereocenters. The summed E-state index contributed by atoms with van der Waals surface area (Å²) in [5.74, 6) is 1.55. The van der Waals surface area contributed by atoms with Gasteiger partial charge in [-0.1, -0.05) is 18.5 Å². The summed E-state index contributed by atoms with van der Waals surface area (Å²) in [4.78, 5) is 0. The van der Waals surface area contributed by atoms with Crippen molar-refractivity contribution in [1.82, 2.24) is 0 Å². The average molecular weight is 172 g/mol. The van der Waals surface area contributed by atoms with Crippen LogP contribution in [0.15, 0.2) is 4.40 Å². The molecular weight excluding hydrogens is 165 g/mol. The first-order chi connectivity index (χ1) is 3.30. The van der Waals surface area contributed by atoms with Crippen LogP contribution in [0.25, 0.3) is 0 Å². The van der Waals surface area contributed by atoms with Gasteiger partial charge in [0.25, 0.3) is 0 Å². The molecule has 1 aliphatic heterocycles. The fraction of sp³-hybridized carbons (Fsp3) is 0.750. The van der Waals surface area contributed by atoms with E-state index in [1.54, 1.807) is 11.9 Å². The molecule has 48 valence electrons. The van der Waals surface area contributed by atoms with Gasteiger partial charge in [-0.2, -0.15) is 0 Å². The van der Waals surface area contributed by atoms with Crippen LogP contribution in [0.5, 0.6) is 0 Å². The molecule has 0 saturated heterocycles. The first-order valence-corrected chi connectivity index (χ1v) is 3.48. The molecule has 1 nitrogen and oxygen atoms in total. The fourth-order valence-corrected chi connectivity index (χ4v) is 1.44. The van der Waals surface area contributed by atoms with Crippen molar-refractivity contribution in [3.63, 3.8) is 0 Å². The van der Waals surface area contributed by atoms with Crippen molar-refractivity contribution in [2.45, 2.75) is 6.92 Å². The Morgan fingerprint density at radius 2 is 2.50 bits per heavy atom. The maximum absolute atomic E-state index is 5.59. The lowest BCUT2D eigenvalue weighted by molar-refractivity contribution is 0.933. The minimum atomic E-state index is 0. The quantitative estimate of drug-likeness (QED) is 0.511. The van der Waals surface area contributed by atoms with Crippen molar-refractivity contribution in [3.05, 3.63) is 0 Å². The molecule has 0 saturated carbocycles. The molecule has 1 rings (SSSR count). The second kappa shape index (κ2) is 3.59. The monoisotopic (exact) mass is 171 g/mol. The molecule has 1 aliphatic rings. The second-order valence-electron chi connectivity index (χ2n) is 1.61. The molecule has 1 atom stereocenters. The number of hydrogen-bond donors (Lipinski definition) is 0. The predicted molar refractivity (Wildman–Crippen MR) is 42.2 cm³/mol. The maximum Gasteiger partial charge on any atom is 0.118 e. The zero-order valence-electron chi connectivity index (χ0n) is 4.43. The van der Waals surface area contributed by atoms with E-state index in [0.29, 0.717) is 5.92 Å². The van der Waals surface area contributed by atoms with Gasteiger partial charge in [-0.05, 0) is 11.9 Å². The van der Waals surface area contributed by atoms with Crippen LogP contribution in [0.3, 0.4) is 0 Å². The minimum Gasteiger partial charge on any atom is -0.209 e. The Bertz CT molecular complexity index is 104. The first-order valence-electron chi connectivity index (χ1n) is 2.16. The Morgan fingerprint density at radius 1 is 1.88 bits per heavy atom. The molecule has 0 aliphatic carbocycles. The molecule has 0 aromatic carbocycles. The van der Waals surface area contributed by atoms with Gasteiger partial charge < -0.3 is 0 Å². The average Bonchev–Trinajstić information content (AvgIpc) is 1.91. The van der Waals surface area contributed by atoms with Crippen LogP contribution in [0.1, 0.15) is 6.92 Å². The summed E-state index contributed by atoms with van der Waals surface area (Å²) in [6.45, 7) is 2.08. The normalized spacial score (nSPS) is 26.8. The third kappa shape index (κ3) is 1.84. The van der Waals surface area contributed by atoms with Crippen molar-refractivity contribution in [2.75, 3.05) is 5.75 Å². The standard InChI is InChI=1S/C4H6ClNS.ClH/c1-3-2-7-6-4(3)5;/h3H,2H2,1H3;1H. The molecule has 0 aromatic rings. The van der Waals surface area contributed by atoms with Crippen molar-refractivity contribution in [1.29, 1.82) is 0 Å². The summed E-state index contributed by atoms with van der Waals surface area (Å²) >= 11 is 7.14. The Balaban J connectivity index is 0.000000490. The molecule has 1 heterocycles. The highest BCUT2D eigenvalue weighted by atomic mass is 35.5. The van der Waals surface area contributed by atoms with E-state index in [0.717, 1.165) is 10.9 Å². The highest BCUT2D eigenvalue weighted by molar-refractivity contribution is 7.98. The van der Waals surface area contributed by atoms with Gasteiger partial charge in [0.05, 0.1) is 0 Å². The highest BCUT2D eigenvalue weighted by Gasteiger charge is 2.13. The minimum absolute atomic E-state index is 0. The predicted octanol–water partition coefficient (Wildman–Crippen LogP) is 2.34. The summed E-state index contributed by atoms with van der Waals surface area (Å²) in [6, 6.07) is 0. The van der Waals surface area contributed by atoms with Gasteiger partial charge in [-0.15, -0.1) is 12.4 Å². The van der Waals surface area contributed by atoms with E-state index in [4.69, 9.17) is 11.6 Å². The second-order valence-corrected chi connectivity index (χ2v) is 2.77. The van der Waals surface area contributed by atoms with E-state index >= 15 is 0 Å². The third-order valence-electron chi connectivity index (χ3n) is 0.883. The zero-order valence-corrected chi connectivity index (χ0v) is 6.82. The van der Waals surface area contributed by atoms with Crippen LogP contribution < -0.4 is 0 Å². The van der Waals surface area contributed by atoms with Crippen molar-refractivity contribution in [2.24, 2.45) is 10.3 Å². The largest absolute Gasteiger partial charge is 0.209 e. The summed E-state index contributed by atoms with van der Waals surface area (Å²) < 4.78 is 3.92. The van der Waals surface area contributed by atoms with Crippen LogP contribution in [-0.2, 0) is 0 Å². The van der Waals surface area contributed by atoms with E-state index in [9.17, 15) is 0 Å². The van der Waals surface area contributed by atoms with Gasteiger partial charge in [0.15, 0.2) is 0 Å². The van der Waals surface area contributed by atoms with E-state index in [-0.39, 0.29) is 12.4 Å². The SMILES string of the molecule is CC1CSN=C1Cl.Cl. The molecule has 0 fully saturated rings. The van der Waals surface area contributed by atoms with Crippen LogP contribution in [0.2, 0.25) is 0 Å². The maximum atomic E-state index is 5.59. The van der Waals surface area contributed by atoms with Crippen LogP contribution in [-0.4, -0.2) is 10.9 Å². The Kier molecular flexibility index (Phi) is 3.86. The van der Waals surface area contributed by atoms with E-state index in [1.807, 2.05) is 0 Å². The molecule has 0 bridgehead atoms.